The van der Waals surface area contributed by atoms with Crippen molar-refractivity contribution in [1.82, 2.24) is 15.2 Å². The van der Waals surface area contributed by atoms with Crippen LogP contribution in [0.5, 0.6) is 0 Å². The van der Waals surface area contributed by atoms with E-state index in [0.717, 1.165) is 54.9 Å². The monoisotopic (exact) mass is 570 g/mol. The van der Waals surface area contributed by atoms with Gasteiger partial charge in [0, 0.05) is 37.4 Å². The van der Waals surface area contributed by atoms with Crippen LogP contribution in [0.15, 0.2) is 60.8 Å². The zero-order valence-corrected chi connectivity index (χ0v) is 23.5. The highest BCUT2D eigenvalue weighted by atomic mass is 35.5. The smallest absolute Gasteiger partial charge is 0.370 e. The van der Waals surface area contributed by atoms with Gasteiger partial charge in [-0.3, -0.25) is 9.78 Å². The molecule has 1 atom stereocenters. The summed E-state index contributed by atoms with van der Waals surface area (Å²) < 4.78 is 39.5. The molecule has 0 spiro atoms. The van der Waals surface area contributed by atoms with Gasteiger partial charge >= 0.3 is 6.18 Å². The maximum Gasteiger partial charge on any atom is 0.416 e. The molecule has 9 heteroatoms. The average molecular weight is 571 g/mol. The molecule has 2 fully saturated rings. The molecule has 3 aromatic rings. The van der Waals surface area contributed by atoms with E-state index in [1.54, 1.807) is 0 Å². The number of aryl methyl sites for hydroxylation is 1. The summed E-state index contributed by atoms with van der Waals surface area (Å²) in [6.07, 6.45) is 0.142. The van der Waals surface area contributed by atoms with Crippen LogP contribution in [0.1, 0.15) is 42.9 Å². The first-order valence-corrected chi connectivity index (χ1v) is 14.1. The lowest BCUT2D eigenvalue weighted by molar-refractivity contribution is -0.137. The van der Waals surface area contributed by atoms with E-state index in [4.69, 9.17) is 16.6 Å². The van der Waals surface area contributed by atoms with Crippen LogP contribution < -0.4 is 10.2 Å². The zero-order chi connectivity index (χ0) is 28.5. The number of alkyl halides is 3. The van der Waals surface area contributed by atoms with Crippen LogP contribution in [0, 0.1) is 0 Å². The van der Waals surface area contributed by atoms with E-state index in [0.29, 0.717) is 31.6 Å². The van der Waals surface area contributed by atoms with Crippen molar-refractivity contribution in [3.05, 3.63) is 82.5 Å². The highest BCUT2D eigenvalue weighted by molar-refractivity contribution is 6.33. The summed E-state index contributed by atoms with van der Waals surface area (Å²) in [6, 6.07) is 15.7. The number of likely N-dealkylation sites (N-methyl/N-ethyl adjacent to an activating group) is 1. The van der Waals surface area contributed by atoms with Gasteiger partial charge < -0.3 is 15.1 Å². The molecule has 2 saturated heterocycles. The molecule has 5 rings (SSSR count). The Kier molecular flexibility index (Phi) is 8.11. The maximum absolute atomic E-state index is 14.0. The van der Waals surface area contributed by atoms with Gasteiger partial charge in [0.15, 0.2) is 0 Å². The fourth-order valence-electron chi connectivity index (χ4n) is 6.01. The molecule has 0 radical (unpaired) electrons. The van der Waals surface area contributed by atoms with Crippen molar-refractivity contribution >= 4 is 23.2 Å². The van der Waals surface area contributed by atoms with E-state index in [9.17, 15) is 18.0 Å². The van der Waals surface area contributed by atoms with Gasteiger partial charge in [-0.05, 0) is 74.7 Å². The average Bonchev–Trinajstić information content (AvgIpc) is 3.36. The fourth-order valence-corrected chi connectivity index (χ4v) is 6.31. The number of carbonyl (C=O) groups excluding carboxylic acids is 1. The molecule has 2 aromatic carbocycles. The lowest BCUT2D eigenvalue weighted by Gasteiger charge is -2.42. The highest BCUT2D eigenvalue weighted by Crippen LogP contribution is 2.41. The van der Waals surface area contributed by atoms with Crippen molar-refractivity contribution in [3.63, 3.8) is 0 Å². The molecule has 40 heavy (non-hydrogen) atoms. The van der Waals surface area contributed by atoms with Gasteiger partial charge in [-0.1, -0.05) is 48.9 Å². The van der Waals surface area contributed by atoms with Crippen molar-refractivity contribution in [2.24, 2.45) is 0 Å². The number of aromatic nitrogens is 1. The van der Waals surface area contributed by atoms with Gasteiger partial charge in [0.2, 0.25) is 5.91 Å². The number of carbonyl (C=O) groups is 1. The Hall–Kier alpha value is -3.10. The summed E-state index contributed by atoms with van der Waals surface area (Å²) in [5.41, 5.74) is 2.98. The second kappa shape index (κ2) is 11.4. The first-order valence-electron chi connectivity index (χ1n) is 13.8. The Balaban J connectivity index is 1.42. The number of nitrogens with one attached hydrogen (secondary N) is 1. The minimum atomic E-state index is -4.46. The van der Waals surface area contributed by atoms with Gasteiger partial charge in [-0.15, -0.1) is 0 Å². The summed E-state index contributed by atoms with van der Waals surface area (Å²) in [5.74, 6) is -0.0190. The number of halogens is 4. The van der Waals surface area contributed by atoms with E-state index in [-0.39, 0.29) is 17.0 Å². The molecule has 0 saturated carbocycles. The highest BCUT2D eigenvalue weighted by Gasteiger charge is 2.44. The molecule has 0 bridgehead atoms. The molecule has 2 aliphatic rings. The van der Waals surface area contributed by atoms with Crippen molar-refractivity contribution < 1.29 is 18.0 Å². The summed E-state index contributed by atoms with van der Waals surface area (Å²) >= 11 is 6.31. The van der Waals surface area contributed by atoms with Crippen LogP contribution in [0.3, 0.4) is 0 Å². The number of benzene rings is 2. The molecular formula is C31H34ClF3N4O. The maximum atomic E-state index is 14.0. The molecular weight excluding hydrogens is 537 g/mol. The number of hydrogen-bond donors (Lipinski definition) is 1. The largest absolute Gasteiger partial charge is 0.416 e. The molecule has 3 heterocycles. The predicted octanol–water partition coefficient (Wildman–Crippen LogP) is 6.34. The molecule has 0 aliphatic carbocycles. The quantitative estimate of drug-likeness (QED) is 0.376. The summed E-state index contributed by atoms with van der Waals surface area (Å²) in [6.45, 7) is 4.81. The second-order valence-electron chi connectivity index (χ2n) is 10.9. The first kappa shape index (κ1) is 28.4. The lowest BCUT2D eigenvalue weighted by atomic mass is 9.72. The number of piperidine rings is 1. The van der Waals surface area contributed by atoms with Gasteiger partial charge in [0.1, 0.15) is 0 Å². The standard InChI is InChI=1S/C31H34ClF3N4O/c1-3-21-6-4-5-7-25(21)27-10-8-23(19-36-27)30(29(40)37-24-12-15-38(2)20-24)13-16-39(17-14-30)28-11-9-22(18-26(28)32)31(33,34)35/h4-11,18-19,24H,3,12-17,20H2,1-2H3,(H,37,40)/t24-/m0/s1. The van der Waals surface area contributed by atoms with Crippen molar-refractivity contribution in [3.8, 4) is 11.3 Å². The van der Waals surface area contributed by atoms with Crippen LogP contribution >= 0.6 is 11.6 Å². The molecule has 0 unspecified atom stereocenters. The normalized spacial score (nSPS) is 19.6. The summed E-state index contributed by atoms with van der Waals surface area (Å²) in [4.78, 5) is 22.9. The van der Waals surface area contributed by atoms with Crippen molar-refractivity contribution in [1.29, 1.82) is 0 Å². The van der Waals surface area contributed by atoms with Gasteiger partial charge in [-0.25, -0.2) is 0 Å². The van der Waals surface area contributed by atoms with Crippen LogP contribution in [-0.2, 0) is 22.8 Å². The topological polar surface area (TPSA) is 48.5 Å². The van der Waals surface area contributed by atoms with Crippen molar-refractivity contribution in [2.45, 2.75) is 50.2 Å². The number of rotatable bonds is 6. The first-order chi connectivity index (χ1) is 19.1. The number of hydrogen-bond acceptors (Lipinski definition) is 4. The minimum Gasteiger partial charge on any atom is -0.370 e. The van der Waals surface area contributed by atoms with E-state index in [1.807, 2.05) is 42.4 Å². The number of anilines is 1. The van der Waals surface area contributed by atoms with Gasteiger partial charge in [-0.2, -0.15) is 13.2 Å². The van der Waals surface area contributed by atoms with E-state index in [2.05, 4.69) is 29.3 Å². The van der Waals surface area contributed by atoms with Gasteiger partial charge in [0.05, 0.1) is 27.4 Å². The molecule has 212 valence electrons. The molecule has 2 aliphatic heterocycles. The molecule has 1 amide bonds. The Bertz CT molecular complexity index is 1350. The van der Waals surface area contributed by atoms with Crippen LogP contribution in [0.25, 0.3) is 11.3 Å². The third-order valence-electron chi connectivity index (χ3n) is 8.38. The lowest BCUT2D eigenvalue weighted by Crippen LogP contribution is -2.54. The summed E-state index contributed by atoms with van der Waals surface area (Å²) in [7, 11) is 2.05. The van der Waals surface area contributed by atoms with Crippen molar-refractivity contribution in [2.75, 3.05) is 38.1 Å². The number of likely N-dealkylation sites (tertiary alicyclic amines) is 1. The Morgan fingerprint density at radius 2 is 1.85 bits per heavy atom. The van der Waals surface area contributed by atoms with Gasteiger partial charge in [0.25, 0.3) is 0 Å². The molecule has 5 nitrogen and oxygen atoms in total. The second-order valence-corrected chi connectivity index (χ2v) is 11.3. The number of amides is 1. The number of nitrogens with zero attached hydrogens (tertiary/aromatic N) is 3. The number of pyridine rings is 1. The van der Waals surface area contributed by atoms with E-state index >= 15 is 0 Å². The Morgan fingerprint density at radius 3 is 2.45 bits per heavy atom. The third kappa shape index (κ3) is 5.70. The van der Waals surface area contributed by atoms with E-state index < -0.39 is 17.2 Å². The predicted molar refractivity (Wildman–Crippen MR) is 153 cm³/mol. The minimum absolute atomic E-state index is 0.0190. The molecule has 1 N–H and O–H groups in total. The Morgan fingerprint density at radius 1 is 1.10 bits per heavy atom. The Labute approximate surface area is 238 Å². The van der Waals surface area contributed by atoms with Crippen LogP contribution in [-0.4, -0.2) is 55.1 Å². The summed E-state index contributed by atoms with van der Waals surface area (Å²) in [5, 5.41) is 3.35. The SMILES string of the molecule is CCc1ccccc1-c1ccc(C2(C(=O)N[C@H]3CCN(C)C3)CCN(c3ccc(C(F)(F)F)cc3Cl)CC2)cn1. The third-order valence-corrected chi connectivity index (χ3v) is 8.69. The zero-order valence-electron chi connectivity index (χ0n) is 22.8. The van der Waals surface area contributed by atoms with Crippen LogP contribution in [0.2, 0.25) is 5.02 Å². The van der Waals surface area contributed by atoms with E-state index in [1.165, 1.54) is 11.6 Å². The fraction of sp³-hybridized carbons (Fsp3) is 0.419. The van der Waals surface area contributed by atoms with Crippen LogP contribution in [0.4, 0.5) is 18.9 Å². The molecule has 1 aromatic heterocycles.